The van der Waals surface area contributed by atoms with Crippen LogP contribution in [0.1, 0.15) is 0 Å². The quantitative estimate of drug-likeness (QED) is 0.807. The van der Waals surface area contributed by atoms with E-state index in [9.17, 15) is 4.79 Å². The van der Waals surface area contributed by atoms with Gasteiger partial charge in [-0.15, -0.1) is 0 Å². The molecule has 7 nitrogen and oxygen atoms in total. The Labute approximate surface area is 109 Å². The number of piperazine rings is 1. The predicted octanol–water partition coefficient (Wildman–Crippen LogP) is 0.939. The third-order valence-electron chi connectivity index (χ3n) is 2.80. The zero-order valence-electron chi connectivity index (χ0n) is 9.84. The number of carboxylic acid groups (broad SMARTS) is 1. The summed E-state index contributed by atoms with van der Waals surface area (Å²) in [5, 5.41) is 9.13. The number of amides is 1. The lowest BCUT2D eigenvalue weighted by molar-refractivity contribution is 0.142. The van der Waals surface area contributed by atoms with Gasteiger partial charge in [0.1, 0.15) is 6.33 Å². The van der Waals surface area contributed by atoms with E-state index in [1.165, 1.54) is 18.3 Å². The number of aromatic nitrogens is 2. The van der Waals surface area contributed by atoms with Crippen LogP contribution in [0.4, 0.5) is 10.6 Å². The first-order valence-electron chi connectivity index (χ1n) is 5.40. The van der Waals surface area contributed by atoms with Gasteiger partial charge in [0.2, 0.25) is 0 Å². The highest BCUT2D eigenvalue weighted by Crippen LogP contribution is 2.31. The molecule has 0 bridgehead atoms. The molecule has 0 aromatic carbocycles. The standard InChI is InChI=1S/C10H13ClN4O3/c1-18-7-8(11)12-6-13-9(7)14-2-4-15(5-3-14)10(16)17/h6H,2-5H2,1H3,(H,16,17). The van der Waals surface area contributed by atoms with Gasteiger partial charge in [0.15, 0.2) is 16.7 Å². The molecule has 1 aliphatic heterocycles. The fourth-order valence-corrected chi connectivity index (χ4v) is 2.06. The minimum absolute atomic E-state index is 0.253. The van der Waals surface area contributed by atoms with Crippen molar-refractivity contribution in [1.82, 2.24) is 14.9 Å². The minimum atomic E-state index is -0.901. The van der Waals surface area contributed by atoms with Crippen molar-refractivity contribution in [3.05, 3.63) is 11.5 Å². The van der Waals surface area contributed by atoms with Crippen LogP contribution in [0.3, 0.4) is 0 Å². The molecule has 2 rings (SSSR count). The lowest BCUT2D eigenvalue weighted by atomic mass is 10.3. The molecule has 98 valence electrons. The van der Waals surface area contributed by atoms with Gasteiger partial charge in [0.05, 0.1) is 7.11 Å². The summed E-state index contributed by atoms with van der Waals surface area (Å²) in [6.07, 6.45) is 0.464. The van der Waals surface area contributed by atoms with E-state index in [0.717, 1.165) is 0 Å². The van der Waals surface area contributed by atoms with E-state index in [0.29, 0.717) is 37.7 Å². The number of methoxy groups -OCH3 is 1. The van der Waals surface area contributed by atoms with E-state index >= 15 is 0 Å². The Bertz CT molecular complexity index is 449. The highest BCUT2D eigenvalue weighted by molar-refractivity contribution is 6.31. The molecule has 0 spiro atoms. The first kappa shape index (κ1) is 12.7. The second-order valence-corrected chi connectivity index (χ2v) is 4.14. The van der Waals surface area contributed by atoms with Crippen LogP contribution >= 0.6 is 11.6 Å². The van der Waals surface area contributed by atoms with Gasteiger partial charge in [-0.1, -0.05) is 11.6 Å². The number of halogens is 1. The monoisotopic (exact) mass is 272 g/mol. The molecule has 18 heavy (non-hydrogen) atoms. The van der Waals surface area contributed by atoms with E-state index in [4.69, 9.17) is 21.4 Å². The van der Waals surface area contributed by atoms with Crippen molar-refractivity contribution < 1.29 is 14.6 Å². The fourth-order valence-electron chi connectivity index (χ4n) is 1.85. The van der Waals surface area contributed by atoms with E-state index in [1.54, 1.807) is 0 Å². The van der Waals surface area contributed by atoms with Crippen LogP contribution in [0.2, 0.25) is 5.15 Å². The normalized spacial score (nSPS) is 15.7. The number of anilines is 1. The van der Waals surface area contributed by atoms with Crippen molar-refractivity contribution in [2.24, 2.45) is 0 Å². The van der Waals surface area contributed by atoms with Crippen LogP contribution in [-0.4, -0.2) is 59.4 Å². The minimum Gasteiger partial charge on any atom is -0.490 e. The summed E-state index contributed by atoms with van der Waals surface area (Å²) >= 11 is 5.92. The van der Waals surface area contributed by atoms with E-state index in [-0.39, 0.29) is 5.15 Å². The smallest absolute Gasteiger partial charge is 0.407 e. The van der Waals surface area contributed by atoms with Gasteiger partial charge >= 0.3 is 6.09 Å². The van der Waals surface area contributed by atoms with Gasteiger partial charge in [0.25, 0.3) is 0 Å². The van der Waals surface area contributed by atoms with Crippen LogP contribution < -0.4 is 9.64 Å². The van der Waals surface area contributed by atoms with Crippen LogP contribution in [0.5, 0.6) is 5.75 Å². The Kier molecular flexibility index (Phi) is 3.71. The topological polar surface area (TPSA) is 78.8 Å². The number of ether oxygens (including phenoxy) is 1. The molecule has 0 aliphatic carbocycles. The summed E-state index contributed by atoms with van der Waals surface area (Å²) in [7, 11) is 1.50. The Morgan fingerprint density at radius 2 is 2.06 bits per heavy atom. The molecule has 0 saturated carbocycles. The molecule has 2 heterocycles. The van der Waals surface area contributed by atoms with E-state index < -0.39 is 6.09 Å². The van der Waals surface area contributed by atoms with Gasteiger partial charge in [-0.05, 0) is 0 Å². The molecular weight excluding hydrogens is 260 g/mol. The second-order valence-electron chi connectivity index (χ2n) is 3.78. The van der Waals surface area contributed by atoms with Gasteiger partial charge in [-0.25, -0.2) is 14.8 Å². The molecule has 1 amide bonds. The van der Waals surface area contributed by atoms with Crippen LogP contribution in [0, 0.1) is 0 Å². The summed E-state index contributed by atoms with van der Waals surface area (Å²) in [5.74, 6) is 1.02. The molecule has 0 unspecified atom stereocenters. The lowest BCUT2D eigenvalue weighted by Gasteiger charge is -2.34. The van der Waals surface area contributed by atoms with Crippen LogP contribution in [0.15, 0.2) is 6.33 Å². The number of nitrogens with zero attached hydrogens (tertiary/aromatic N) is 4. The van der Waals surface area contributed by atoms with Crippen LogP contribution in [-0.2, 0) is 0 Å². The molecule has 1 aromatic heterocycles. The van der Waals surface area contributed by atoms with E-state index in [1.807, 2.05) is 4.90 Å². The number of hydrogen-bond donors (Lipinski definition) is 1. The molecule has 8 heteroatoms. The number of rotatable bonds is 2. The summed E-state index contributed by atoms with van der Waals surface area (Å²) in [5.41, 5.74) is 0. The summed E-state index contributed by atoms with van der Waals surface area (Å²) in [4.78, 5) is 22.1. The van der Waals surface area contributed by atoms with Crippen molar-refractivity contribution >= 4 is 23.5 Å². The maximum Gasteiger partial charge on any atom is 0.407 e. The summed E-state index contributed by atoms with van der Waals surface area (Å²) in [6, 6.07) is 0. The molecule has 1 aromatic rings. The average molecular weight is 273 g/mol. The Morgan fingerprint density at radius 3 is 2.61 bits per heavy atom. The average Bonchev–Trinajstić information content (AvgIpc) is 2.38. The zero-order valence-corrected chi connectivity index (χ0v) is 10.6. The second kappa shape index (κ2) is 5.26. The van der Waals surface area contributed by atoms with Gasteiger partial charge in [-0.2, -0.15) is 0 Å². The maximum atomic E-state index is 10.8. The third-order valence-corrected chi connectivity index (χ3v) is 3.06. The first-order valence-corrected chi connectivity index (χ1v) is 5.78. The third kappa shape index (κ3) is 2.40. The van der Waals surface area contributed by atoms with Gasteiger partial charge in [0, 0.05) is 26.2 Å². The maximum absolute atomic E-state index is 10.8. The fraction of sp³-hybridized carbons (Fsp3) is 0.500. The van der Waals surface area contributed by atoms with E-state index in [2.05, 4.69) is 9.97 Å². The summed E-state index contributed by atoms with van der Waals surface area (Å²) < 4.78 is 5.18. The highest BCUT2D eigenvalue weighted by Gasteiger charge is 2.24. The zero-order chi connectivity index (χ0) is 13.1. The van der Waals surface area contributed by atoms with Gasteiger partial charge < -0.3 is 19.6 Å². The lowest BCUT2D eigenvalue weighted by Crippen LogP contribution is -2.48. The van der Waals surface area contributed by atoms with Gasteiger partial charge in [-0.3, -0.25) is 0 Å². The Hall–Kier alpha value is -1.76. The molecule has 1 saturated heterocycles. The van der Waals surface area contributed by atoms with Crippen molar-refractivity contribution in [3.8, 4) is 5.75 Å². The molecular formula is C10H13ClN4O3. The van der Waals surface area contributed by atoms with Crippen molar-refractivity contribution in [3.63, 3.8) is 0 Å². The first-order chi connectivity index (χ1) is 8.63. The summed E-state index contributed by atoms with van der Waals surface area (Å²) in [6.45, 7) is 1.96. The number of hydrogen-bond acceptors (Lipinski definition) is 5. The highest BCUT2D eigenvalue weighted by atomic mass is 35.5. The Morgan fingerprint density at radius 1 is 1.39 bits per heavy atom. The predicted molar refractivity (Wildman–Crippen MR) is 65.4 cm³/mol. The SMILES string of the molecule is COc1c(Cl)ncnc1N1CCN(C(=O)O)CC1. The molecule has 0 atom stereocenters. The number of carbonyl (C=O) groups is 1. The van der Waals surface area contributed by atoms with Crippen molar-refractivity contribution in [1.29, 1.82) is 0 Å². The van der Waals surface area contributed by atoms with Crippen molar-refractivity contribution in [2.45, 2.75) is 0 Å². The molecule has 1 fully saturated rings. The molecule has 1 aliphatic rings. The largest absolute Gasteiger partial charge is 0.490 e. The van der Waals surface area contributed by atoms with Crippen molar-refractivity contribution in [2.75, 3.05) is 38.2 Å². The molecule has 0 radical (unpaired) electrons. The Balaban J connectivity index is 2.14. The van der Waals surface area contributed by atoms with Crippen LogP contribution in [0.25, 0.3) is 0 Å². The molecule has 1 N–H and O–H groups in total.